The van der Waals surface area contributed by atoms with Gasteiger partial charge < -0.3 is 15.4 Å². The zero-order chi connectivity index (χ0) is 17.3. The Morgan fingerprint density at radius 2 is 2.12 bits per heavy atom. The van der Waals surface area contributed by atoms with Crippen molar-refractivity contribution in [2.24, 2.45) is 5.92 Å². The highest BCUT2D eigenvalue weighted by molar-refractivity contribution is 6.31. The molecule has 1 saturated carbocycles. The molecule has 0 aromatic heterocycles. The molecule has 0 radical (unpaired) electrons. The molecule has 2 N–H and O–H groups in total. The molecule has 1 saturated heterocycles. The fraction of sp³-hybridized carbons (Fsp3) is 0.556. The van der Waals surface area contributed by atoms with Crippen LogP contribution in [-0.2, 0) is 14.3 Å². The lowest BCUT2D eigenvalue weighted by molar-refractivity contribution is -0.148. The van der Waals surface area contributed by atoms with Crippen LogP contribution >= 0.6 is 11.6 Å². The van der Waals surface area contributed by atoms with Gasteiger partial charge in [0.2, 0.25) is 5.91 Å². The summed E-state index contributed by atoms with van der Waals surface area (Å²) in [5.41, 5.74) is 0.585. The first-order chi connectivity index (χ1) is 11.4. The normalized spacial score (nSPS) is 25.2. The van der Waals surface area contributed by atoms with Gasteiger partial charge in [-0.1, -0.05) is 43.6 Å². The van der Waals surface area contributed by atoms with E-state index in [4.69, 9.17) is 16.3 Å². The van der Waals surface area contributed by atoms with Gasteiger partial charge in [0.1, 0.15) is 6.61 Å². The lowest BCUT2D eigenvalue weighted by atomic mass is 9.97. The van der Waals surface area contributed by atoms with Gasteiger partial charge in [-0.15, -0.1) is 0 Å². The second-order valence-corrected chi connectivity index (χ2v) is 7.57. The Bertz CT molecular complexity index is 643. The highest BCUT2D eigenvalue weighted by Gasteiger charge is 2.47. The summed E-state index contributed by atoms with van der Waals surface area (Å²) in [6, 6.07) is 6.62. The van der Waals surface area contributed by atoms with Crippen LogP contribution < -0.4 is 10.6 Å². The lowest BCUT2D eigenvalue weighted by Crippen LogP contribution is -2.54. The number of halogens is 1. The molecule has 1 aromatic rings. The summed E-state index contributed by atoms with van der Waals surface area (Å²) in [5, 5.41) is 6.50. The molecular formula is C18H23ClN2O3. The van der Waals surface area contributed by atoms with E-state index in [-0.39, 0.29) is 24.0 Å². The number of nitrogens with one attached hydrogen (secondary N) is 2. The van der Waals surface area contributed by atoms with Crippen LogP contribution in [0.4, 0.5) is 0 Å². The van der Waals surface area contributed by atoms with Crippen LogP contribution in [0.3, 0.4) is 0 Å². The van der Waals surface area contributed by atoms with Crippen LogP contribution in [0.15, 0.2) is 24.3 Å². The summed E-state index contributed by atoms with van der Waals surface area (Å²) in [6.45, 7) is 4.18. The quantitative estimate of drug-likeness (QED) is 0.857. The van der Waals surface area contributed by atoms with E-state index in [1.165, 1.54) is 0 Å². The van der Waals surface area contributed by atoms with E-state index in [1.807, 2.05) is 18.2 Å². The van der Waals surface area contributed by atoms with Crippen molar-refractivity contribution >= 4 is 23.4 Å². The number of carbonyl (C=O) groups is 2. The molecule has 1 heterocycles. The maximum absolute atomic E-state index is 12.8. The third kappa shape index (κ3) is 3.73. The minimum Gasteiger partial charge on any atom is -0.356 e. The van der Waals surface area contributed by atoms with Crippen LogP contribution in [0, 0.1) is 5.92 Å². The van der Waals surface area contributed by atoms with E-state index < -0.39 is 12.1 Å². The zero-order valence-electron chi connectivity index (χ0n) is 14.0. The predicted molar refractivity (Wildman–Crippen MR) is 91.6 cm³/mol. The Hall–Kier alpha value is -1.59. The SMILES string of the molecule is CC(C)CC1(NC(=O)[C@H]2OCC(=O)N[C@@H]2c2ccccc2Cl)CC1. The Labute approximate surface area is 147 Å². The third-order valence-electron chi connectivity index (χ3n) is 4.55. The first-order valence-corrected chi connectivity index (χ1v) is 8.75. The largest absolute Gasteiger partial charge is 0.356 e. The van der Waals surface area contributed by atoms with Crippen LogP contribution in [-0.4, -0.2) is 30.1 Å². The fourth-order valence-electron chi connectivity index (χ4n) is 3.39. The highest BCUT2D eigenvalue weighted by Crippen LogP contribution is 2.41. The smallest absolute Gasteiger partial charge is 0.252 e. The summed E-state index contributed by atoms with van der Waals surface area (Å²) < 4.78 is 5.57. The monoisotopic (exact) mass is 350 g/mol. The molecule has 2 amide bonds. The second-order valence-electron chi connectivity index (χ2n) is 7.17. The van der Waals surface area contributed by atoms with Crippen molar-refractivity contribution in [3.8, 4) is 0 Å². The third-order valence-corrected chi connectivity index (χ3v) is 4.90. The summed E-state index contributed by atoms with van der Waals surface area (Å²) in [4.78, 5) is 24.6. The molecule has 3 rings (SSSR count). The van der Waals surface area contributed by atoms with Crippen molar-refractivity contribution < 1.29 is 14.3 Å². The topological polar surface area (TPSA) is 67.4 Å². The molecular weight excluding hydrogens is 328 g/mol. The van der Waals surface area contributed by atoms with Gasteiger partial charge in [-0.2, -0.15) is 0 Å². The van der Waals surface area contributed by atoms with Gasteiger partial charge in [-0.05, 0) is 36.8 Å². The molecule has 130 valence electrons. The van der Waals surface area contributed by atoms with Crippen LogP contribution in [0.5, 0.6) is 0 Å². The highest BCUT2D eigenvalue weighted by atomic mass is 35.5. The van der Waals surface area contributed by atoms with Gasteiger partial charge in [0.05, 0.1) is 6.04 Å². The number of morpholine rings is 1. The van der Waals surface area contributed by atoms with Crippen LogP contribution in [0.1, 0.15) is 44.7 Å². The van der Waals surface area contributed by atoms with Crippen molar-refractivity contribution in [1.29, 1.82) is 0 Å². The maximum Gasteiger partial charge on any atom is 0.252 e. The van der Waals surface area contributed by atoms with Gasteiger partial charge in [-0.3, -0.25) is 9.59 Å². The summed E-state index contributed by atoms with van der Waals surface area (Å²) in [5.74, 6) is 0.0875. The van der Waals surface area contributed by atoms with E-state index in [0.717, 1.165) is 19.3 Å². The molecule has 1 aliphatic heterocycles. The average molecular weight is 351 g/mol. The number of hydrogen-bond acceptors (Lipinski definition) is 3. The van der Waals surface area contributed by atoms with Crippen LogP contribution in [0.2, 0.25) is 5.02 Å². The maximum atomic E-state index is 12.8. The van der Waals surface area contributed by atoms with Gasteiger partial charge in [-0.25, -0.2) is 0 Å². The van der Waals surface area contributed by atoms with E-state index in [2.05, 4.69) is 24.5 Å². The molecule has 2 atom stereocenters. The van der Waals surface area contributed by atoms with Crippen molar-refractivity contribution in [2.45, 2.75) is 50.8 Å². The van der Waals surface area contributed by atoms with Crippen molar-refractivity contribution in [3.05, 3.63) is 34.9 Å². The number of ether oxygens (including phenoxy) is 1. The Morgan fingerprint density at radius 3 is 2.75 bits per heavy atom. The lowest BCUT2D eigenvalue weighted by Gasteiger charge is -2.33. The molecule has 2 aliphatic rings. The molecule has 6 heteroatoms. The molecule has 1 aromatic carbocycles. The first-order valence-electron chi connectivity index (χ1n) is 8.38. The first kappa shape index (κ1) is 17.2. The second kappa shape index (κ2) is 6.73. The summed E-state index contributed by atoms with van der Waals surface area (Å²) in [6.07, 6.45) is 2.17. The summed E-state index contributed by atoms with van der Waals surface area (Å²) >= 11 is 6.25. The number of benzene rings is 1. The molecule has 0 spiro atoms. The van der Waals surface area contributed by atoms with E-state index in [9.17, 15) is 9.59 Å². The van der Waals surface area contributed by atoms with Crippen molar-refractivity contribution in [3.63, 3.8) is 0 Å². The minimum atomic E-state index is -0.771. The Morgan fingerprint density at radius 1 is 1.42 bits per heavy atom. The minimum absolute atomic E-state index is 0.110. The molecule has 0 unspecified atom stereocenters. The molecule has 0 bridgehead atoms. The van der Waals surface area contributed by atoms with Crippen molar-refractivity contribution in [1.82, 2.24) is 10.6 Å². The molecule has 1 aliphatic carbocycles. The summed E-state index contributed by atoms with van der Waals surface area (Å²) in [7, 11) is 0. The van der Waals surface area contributed by atoms with Gasteiger partial charge in [0, 0.05) is 10.6 Å². The van der Waals surface area contributed by atoms with Crippen LogP contribution in [0.25, 0.3) is 0 Å². The Kier molecular flexibility index (Phi) is 4.83. The van der Waals surface area contributed by atoms with E-state index in [1.54, 1.807) is 6.07 Å². The predicted octanol–water partition coefficient (Wildman–Crippen LogP) is 2.59. The van der Waals surface area contributed by atoms with Gasteiger partial charge in [0.15, 0.2) is 6.10 Å². The van der Waals surface area contributed by atoms with E-state index >= 15 is 0 Å². The molecule has 24 heavy (non-hydrogen) atoms. The van der Waals surface area contributed by atoms with Crippen molar-refractivity contribution in [2.75, 3.05) is 6.61 Å². The number of hydrogen-bond donors (Lipinski definition) is 2. The standard InChI is InChI=1S/C18H23ClN2O3/c1-11(2)9-18(7-8-18)21-17(23)16-15(20-14(22)10-24-16)12-5-3-4-6-13(12)19/h3-6,11,15-16H,7-10H2,1-2H3,(H,20,22)(H,21,23)/t15-,16+/m1/s1. The molecule has 5 nitrogen and oxygen atoms in total. The van der Waals surface area contributed by atoms with Gasteiger partial charge in [0.25, 0.3) is 5.91 Å². The average Bonchev–Trinajstić information content (AvgIpc) is 3.25. The number of amides is 2. The Balaban J connectivity index is 1.78. The number of rotatable bonds is 5. The number of carbonyl (C=O) groups excluding carboxylic acids is 2. The van der Waals surface area contributed by atoms with E-state index in [0.29, 0.717) is 16.5 Å². The zero-order valence-corrected chi connectivity index (χ0v) is 14.7. The van der Waals surface area contributed by atoms with Gasteiger partial charge >= 0.3 is 0 Å². The molecule has 2 fully saturated rings. The fourth-order valence-corrected chi connectivity index (χ4v) is 3.65.